The average Bonchev–Trinajstić information content (AvgIpc) is 2.54. The zero-order valence-corrected chi connectivity index (χ0v) is 13.7. The van der Waals surface area contributed by atoms with E-state index in [0.29, 0.717) is 5.39 Å². The van der Waals surface area contributed by atoms with Crippen LogP contribution in [0.3, 0.4) is 0 Å². The van der Waals surface area contributed by atoms with Crippen molar-refractivity contribution in [2.75, 3.05) is 0 Å². The molecule has 3 rings (SSSR count). The highest BCUT2D eigenvalue weighted by molar-refractivity contribution is 7.87. The molecule has 6 nitrogen and oxygen atoms in total. The van der Waals surface area contributed by atoms with E-state index in [0.717, 1.165) is 6.07 Å². The second-order valence-corrected chi connectivity index (χ2v) is 7.81. The van der Waals surface area contributed by atoms with Crippen LogP contribution in [0.4, 0.5) is 0 Å². The molecule has 0 amide bonds. The first kappa shape index (κ1) is 16.4. The van der Waals surface area contributed by atoms with E-state index in [1.807, 2.05) is 0 Å². The molecule has 0 radical (unpaired) electrons. The normalized spacial score (nSPS) is 12.2. The van der Waals surface area contributed by atoms with E-state index >= 15 is 0 Å². The molecule has 0 N–H and O–H groups in total. The Bertz CT molecular complexity index is 1100. The van der Waals surface area contributed by atoms with Crippen LogP contribution in [0.25, 0.3) is 10.8 Å². The Morgan fingerprint density at radius 1 is 0.750 bits per heavy atom. The summed E-state index contributed by atoms with van der Waals surface area (Å²) in [7, 11) is -8.96. The van der Waals surface area contributed by atoms with E-state index in [1.165, 1.54) is 42.5 Å². The Morgan fingerprint density at radius 2 is 1.38 bits per heavy atom. The van der Waals surface area contributed by atoms with Gasteiger partial charge in [0.25, 0.3) is 0 Å². The molecule has 8 heteroatoms. The fraction of sp³-hybridized carbons (Fsp3) is 0. The Labute approximate surface area is 139 Å². The van der Waals surface area contributed by atoms with Crippen molar-refractivity contribution < 1.29 is 25.6 Å². The molecular formula is C16H11O6S2-. The monoisotopic (exact) mass is 363 g/mol. The molecular weight excluding hydrogens is 352 g/mol. The summed E-state index contributed by atoms with van der Waals surface area (Å²) in [6.07, 6.45) is 0. The van der Waals surface area contributed by atoms with Gasteiger partial charge in [0.1, 0.15) is 15.0 Å². The molecule has 0 fully saturated rings. The summed E-state index contributed by atoms with van der Waals surface area (Å²) in [6.45, 7) is 0. The summed E-state index contributed by atoms with van der Waals surface area (Å²) < 4.78 is 64.2. The number of hydrogen-bond donors (Lipinski definition) is 0. The van der Waals surface area contributed by atoms with Crippen molar-refractivity contribution in [1.29, 1.82) is 0 Å². The molecule has 0 aliphatic heterocycles. The molecule has 0 aliphatic rings. The Morgan fingerprint density at radius 3 is 2.00 bits per heavy atom. The van der Waals surface area contributed by atoms with Crippen molar-refractivity contribution in [1.82, 2.24) is 0 Å². The lowest BCUT2D eigenvalue weighted by atomic mass is 10.1. The summed E-state index contributed by atoms with van der Waals surface area (Å²) in [4.78, 5) is -0.608. The van der Waals surface area contributed by atoms with Gasteiger partial charge < -0.3 is 8.74 Å². The van der Waals surface area contributed by atoms with Crippen molar-refractivity contribution in [2.45, 2.75) is 9.79 Å². The molecule has 0 unspecified atom stereocenters. The third-order valence-electron chi connectivity index (χ3n) is 3.33. The lowest BCUT2D eigenvalue weighted by Crippen LogP contribution is -2.10. The summed E-state index contributed by atoms with van der Waals surface area (Å²) in [5, 5.41) is 0.321. The van der Waals surface area contributed by atoms with Gasteiger partial charge in [-0.1, -0.05) is 42.5 Å². The summed E-state index contributed by atoms with van der Waals surface area (Å²) in [6, 6.07) is 15.9. The predicted octanol–water partition coefficient (Wildman–Crippen LogP) is 2.51. The predicted molar refractivity (Wildman–Crippen MR) is 86.2 cm³/mol. The number of benzene rings is 3. The molecule has 0 heterocycles. The number of fused-ring (bicyclic) bond motifs is 1. The van der Waals surface area contributed by atoms with Gasteiger partial charge in [0.05, 0.1) is 4.90 Å². The maximum atomic E-state index is 12.4. The first-order valence-electron chi connectivity index (χ1n) is 6.76. The highest BCUT2D eigenvalue weighted by Crippen LogP contribution is 2.33. The zero-order valence-electron chi connectivity index (χ0n) is 12.1. The molecule has 0 aromatic heterocycles. The minimum atomic E-state index is -4.80. The van der Waals surface area contributed by atoms with Crippen LogP contribution in [0.2, 0.25) is 0 Å². The van der Waals surface area contributed by atoms with Gasteiger partial charge >= 0.3 is 10.1 Å². The van der Waals surface area contributed by atoms with Crippen molar-refractivity contribution >= 4 is 31.0 Å². The first-order valence-corrected chi connectivity index (χ1v) is 9.58. The van der Waals surface area contributed by atoms with Crippen molar-refractivity contribution in [3.05, 3.63) is 66.7 Å². The van der Waals surface area contributed by atoms with Gasteiger partial charge in [0.15, 0.2) is 5.75 Å². The van der Waals surface area contributed by atoms with E-state index in [2.05, 4.69) is 0 Å². The van der Waals surface area contributed by atoms with Crippen molar-refractivity contribution in [3.63, 3.8) is 0 Å². The van der Waals surface area contributed by atoms with E-state index in [4.69, 9.17) is 4.18 Å². The van der Waals surface area contributed by atoms with Crippen molar-refractivity contribution in [2.24, 2.45) is 0 Å². The van der Waals surface area contributed by atoms with Crippen LogP contribution in [-0.2, 0) is 20.2 Å². The molecule has 124 valence electrons. The molecule has 0 saturated carbocycles. The second kappa shape index (κ2) is 5.90. The first-order chi connectivity index (χ1) is 11.3. The number of hydrogen-bond acceptors (Lipinski definition) is 6. The minimum Gasteiger partial charge on any atom is -0.744 e. The Balaban J connectivity index is 2.21. The van der Waals surface area contributed by atoms with Crippen LogP contribution < -0.4 is 4.18 Å². The standard InChI is InChI=1S/C16H12O6S2/c17-23(18,19)15-11-5-7-12-6-4-10-14(16(12)15)22-24(20,21)13-8-2-1-3-9-13/h1-11H,(H,17,18,19)/p-1. The third-order valence-corrected chi connectivity index (χ3v) is 5.46. The molecule has 3 aromatic carbocycles. The van der Waals surface area contributed by atoms with Crippen LogP contribution in [0, 0.1) is 0 Å². The van der Waals surface area contributed by atoms with Gasteiger partial charge in [-0.25, -0.2) is 8.42 Å². The van der Waals surface area contributed by atoms with Gasteiger partial charge in [-0.3, -0.25) is 0 Å². The topological polar surface area (TPSA) is 101 Å². The lowest BCUT2D eigenvalue weighted by molar-refractivity contribution is 0.462. The molecule has 24 heavy (non-hydrogen) atoms. The largest absolute Gasteiger partial charge is 0.744 e. The van der Waals surface area contributed by atoms with Gasteiger partial charge in [-0.2, -0.15) is 8.42 Å². The van der Waals surface area contributed by atoms with Gasteiger partial charge in [-0.15, -0.1) is 0 Å². The highest BCUT2D eigenvalue weighted by Gasteiger charge is 2.20. The third kappa shape index (κ3) is 3.12. The molecule has 0 spiro atoms. The lowest BCUT2D eigenvalue weighted by Gasteiger charge is -2.14. The Kier molecular flexibility index (Phi) is 4.04. The van der Waals surface area contributed by atoms with E-state index in [9.17, 15) is 21.4 Å². The molecule has 0 bridgehead atoms. The zero-order chi connectivity index (χ0) is 17.4. The average molecular weight is 363 g/mol. The molecule has 0 aliphatic carbocycles. The van der Waals surface area contributed by atoms with E-state index in [-0.39, 0.29) is 16.0 Å². The quantitative estimate of drug-likeness (QED) is 0.521. The fourth-order valence-corrected chi connectivity index (χ4v) is 3.98. The maximum Gasteiger partial charge on any atom is 0.339 e. The summed E-state index contributed by atoms with van der Waals surface area (Å²) in [5.41, 5.74) is 0. The Hall–Kier alpha value is -2.42. The van der Waals surface area contributed by atoms with Gasteiger partial charge in [-0.05, 0) is 29.7 Å². The van der Waals surface area contributed by atoms with Gasteiger partial charge in [0, 0.05) is 5.39 Å². The number of rotatable bonds is 4. The van der Waals surface area contributed by atoms with Crippen molar-refractivity contribution in [3.8, 4) is 5.75 Å². The van der Waals surface area contributed by atoms with Crippen LogP contribution in [0.1, 0.15) is 0 Å². The van der Waals surface area contributed by atoms with Crippen LogP contribution >= 0.6 is 0 Å². The fourth-order valence-electron chi connectivity index (χ4n) is 2.30. The minimum absolute atomic E-state index is 0.0606. The smallest absolute Gasteiger partial charge is 0.339 e. The van der Waals surface area contributed by atoms with Gasteiger partial charge in [0.2, 0.25) is 0 Å². The molecule has 0 saturated heterocycles. The summed E-state index contributed by atoms with van der Waals surface area (Å²) in [5.74, 6) is -0.216. The SMILES string of the molecule is O=S(=O)([O-])c1cccc2cccc(OS(=O)(=O)c3ccccc3)c12. The summed E-state index contributed by atoms with van der Waals surface area (Å²) >= 11 is 0. The highest BCUT2D eigenvalue weighted by atomic mass is 32.2. The van der Waals surface area contributed by atoms with Crippen LogP contribution in [0.5, 0.6) is 5.75 Å². The van der Waals surface area contributed by atoms with E-state index < -0.39 is 25.1 Å². The second-order valence-electron chi connectivity index (χ2n) is 4.92. The maximum absolute atomic E-state index is 12.4. The van der Waals surface area contributed by atoms with E-state index in [1.54, 1.807) is 18.2 Å². The molecule has 3 aromatic rings. The molecule has 0 atom stereocenters. The van der Waals surface area contributed by atoms with Crippen LogP contribution in [-0.4, -0.2) is 21.4 Å². The van der Waals surface area contributed by atoms with Crippen LogP contribution in [0.15, 0.2) is 76.5 Å².